The lowest BCUT2D eigenvalue weighted by Crippen LogP contribution is -2.36. The van der Waals surface area contributed by atoms with E-state index in [0.717, 1.165) is 43.9 Å². The molecule has 1 heterocycles. The van der Waals surface area contributed by atoms with E-state index >= 15 is 0 Å². The summed E-state index contributed by atoms with van der Waals surface area (Å²) in [5, 5.41) is 6.94. The van der Waals surface area contributed by atoms with Gasteiger partial charge in [-0.2, -0.15) is 0 Å². The van der Waals surface area contributed by atoms with Gasteiger partial charge in [-0.3, -0.25) is 0 Å². The predicted octanol–water partition coefficient (Wildman–Crippen LogP) is 3.83. The fourth-order valence-electron chi connectivity index (χ4n) is 2.39. The molecule has 0 radical (unpaired) electrons. The van der Waals surface area contributed by atoms with E-state index in [0.29, 0.717) is 12.4 Å². The Morgan fingerprint density at radius 1 is 1.05 bits per heavy atom. The van der Waals surface area contributed by atoms with E-state index in [1.807, 2.05) is 6.07 Å². The summed E-state index contributed by atoms with van der Waals surface area (Å²) in [6.07, 6.45) is 4.28. The van der Waals surface area contributed by atoms with Crippen LogP contribution in [0, 0.1) is 0 Å². The summed E-state index contributed by atoms with van der Waals surface area (Å²) in [7, 11) is 1.66. The number of hydrogen-bond acceptors (Lipinski definition) is 5. The predicted molar refractivity (Wildman–Crippen MR) is 88.8 cm³/mol. The topological polar surface area (TPSA) is 59.1 Å². The van der Waals surface area contributed by atoms with E-state index in [1.165, 1.54) is 0 Å². The monoisotopic (exact) mass is 294 g/mol. The molecular formula is C16H30N4O. The average Bonchev–Trinajstić information content (AvgIpc) is 2.51. The molecule has 0 atom stereocenters. The van der Waals surface area contributed by atoms with Gasteiger partial charge in [0.05, 0.1) is 0 Å². The molecule has 21 heavy (non-hydrogen) atoms. The van der Waals surface area contributed by atoms with E-state index in [-0.39, 0.29) is 5.54 Å². The molecule has 0 unspecified atom stereocenters. The van der Waals surface area contributed by atoms with Gasteiger partial charge in [-0.15, -0.1) is 0 Å². The van der Waals surface area contributed by atoms with E-state index in [2.05, 4.69) is 48.3 Å². The molecule has 0 aromatic carbocycles. The van der Waals surface area contributed by atoms with Crippen LogP contribution in [0.15, 0.2) is 6.07 Å². The molecule has 0 aliphatic heterocycles. The van der Waals surface area contributed by atoms with Crippen LogP contribution in [0.5, 0.6) is 0 Å². The Hall–Kier alpha value is -1.36. The molecule has 0 spiro atoms. The van der Waals surface area contributed by atoms with Crippen molar-refractivity contribution in [3.8, 4) is 0 Å². The van der Waals surface area contributed by atoms with Crippen molar-refractivity contribution in [2.75, 3.05) is 24.3 Å². The van der Waals surface area contributed by atoms with Crippen LogP contribution in [0.3, 0.4) is 0 Å². The van der Waals surface area contributed by atoms with Gasteiger partial charge >= 0.3 is 0 Å². The fourth-order valence-corrected chi connectivity index (χ4v) is 2.39. The highest BCUT2D eigenvalue weighted by atomic mass is 16.5. The number of aromatic nitrogens is 2. The fraction of sp³-hybridized carbons (Fsp3) is 0.750. The Morgan fingerprint density at radius 3 is 2.19 bits per heavy atom. The second kappa shape index (κ2) is 8.82. The molecule has 120 valence electrons. The Bertz CT molecular complexity index is 410. The minimum absolute atomic E-state index is 0.0979. The Labute approximate surface area is 128 Å². The molecule has 1 aromatic rings. The number of rotatable bonds is 10. The van der Waals surface area contributed by atoms with E-state index in [4.69, 9.17) is 4.74 Å². The zero-order valence-corrected chi connectivity index (χ0v) is 14.1. The van der Waals surface area contributed by atoms with Crippen LogP contribution in [0.25, 0.3) is 0 Å². The lowest BCUT2D eigenvalue weighted by molar-refractivity contribution is 0.178. The first-order valence-corrected chi connectivity index (χ1v) is 8.01. The van der Waals surface area contributed by atoms with Crippen LogP contribution in [0.4, 0.5) is 11.6 Å². The Kier molecular flexibility index (Phi) is 7.43. The maximum absolute atomic E-state index is 5.17. The van der Waals surface area contributed by atoms with Crippen molar-refractivity contribution in [1.82, 2.24) is 9.97 Å². The lowest BCUT2D eigenvalue weighted by Gasteiger charge is -2.32. The van der Waals surface area contributed by atoms with Gasteiger partial charge in [0.2, 0.25) is 0 Å². The molecule has 0 aliphatic carbocycles. The lowest BCUT2D eigenvalue weighted by atomic mass is 9.90. The number of nitrogens with one attached hydrogen (secondary N) is 2. The zero-order chi connectivity index (χ0) is 15.7. The van der Waals surface area contributed by atoms with Gasteiger partial charge in [-0.1, -0.05) is 27.7 Å². The van der Waals surface area contributed by atoms with Gasteiger partial charge in [0.15, 0.2) is 5.82 Å². The quantitative estimate of drug-likeness (QED) is 0.687. The Balaban J connectivity index is 3.00. The second-order valence-corrected chi connectivity index (χ2v) is 5.38. The standard InChI is InChI=1S/C16H30N4O/c1-6-10-17-13-11-14(19-15(18-13)12-21-5)20-16(7-2,8-3)9-4/h11H,6-10,12H2,1-5H3,(H2,17,18,19,20). The highest BCUT2D eigenvalue weighted by molar-refractivity contribution is 5.49. The molecule has 0 aliphatic rings. The van der Waals surface area contributed by atoms with E-state index in [1.54, 1.807) is 7.11 Å². The molecule has 2 N–H and O–H groups in total. The third kappa shape index (κ3) is 5.16. The first-order chi connectivity index (χ1) is 10.1. The number of nitrogens with zero attached hydrogens (tertiary/aromatic N) is 2. The Morgan fingerprint density at radius 2 is 1.67 bits per heavy atom. The first-order valence-electron chi connectivity index (χ1n) is 8.01. The highest BCUT2D eigenvalue weighted by Gasteiger charge is 2.24. The van der Waals surface area contributed by atoms with Crippen molar-refractivity contribution in [2.45, 2.75) is 65.5 Å². The number of ether oxygens (including phenoxy) is 1. The van der Waals surface area contributed by atoms with Crippen molar-refractivity contribution in [3.05, 3.63) is 11.9 Å². The first kappa shape index (κ1) is 17.7. The largest absolute Gasteiger partial charge is 0.377 e. The summed E-state index contributed by atoms with van der Waals surface area (Å²) in [6, 6.07) is 1.99. The molecule has 0 bridgehead atoms. The number of methoxy groups -OCH3 is 1. The van der Waals surface area contributed by atoms with Gasteiger partial charge < -0.3 is 15.4 Å². The summed E-state index contributed by atoms with van der Waals surface area (Å²) < 4.78 is 5.17. The highest BCUT2D eigenvalue weighted by Crippen LogP contribution is 2.25. The van der Waals surface area contributed by atoms with E-state index in [9.17, 15) is 0 Å². The van der Waals surface area contributed by atoms with Crippen molar-refractivity contribution in [3.63, 3.8) is 0 Å². The zero-order valence-electron chi connectivity index (χ0n) is 14.1. The van der Waals surface area contributed by atoms with Crippen LogP contribution in [-0.2, 0) is 11.3 Å². The summed E-state index contributed by atoms with van der Waals surface area (Å²) in [4.78, 5) is 9.05. The van der Waals surface area contributed by atoms with Gasteiger partial charge in [0.1, 0.15) is 18.2 Å². The van der Waals surface area contributed by atoms with Gasteiger partial charge in [0.25, 0.3) is 0 Å². The van der Waals surface area contributed by atoms with Gasteiger partial charge in [-0.25, -0.2) is 9.97 Å². The van der Waals surface area contributed by atoms with Crippen LogP contribution in [0.1, 0.15) is 59.2 Å². The third-order valence-corrected chi connectivity index (χ3v) is 4.03. The normalized spacial score (nSPS) is 11.5. The molecule has 0 fully saturated rings. The molecule has 0 saturated carbocycles. The van der Waals surface area contributed by atoms with Gasteiger partial charge in [-0.05, 0) is 25.7 Å². The van der Waals surface area contributed by atoms with Crippen molar-refractivity contribution in [2.24, 2.45) is 0 Å². The summed E-state index contributed by atoms with van der Waals surface area (Å²) in [5.74, 6) is 2.44. The minimum Gasteiger partial charge on any atom is -0.377 e. The molecular weight excluding hydrogens is 264 g/mol. The van der Waals surface area contributed by atoms with Crippen molar-refractivity contribution in [1.29, 1.82) is 0 Å². The molecule has 0 saturated heterocycles. The number of anilines is 2. The maximum Gasteiger partial charge on any atom is 0.158 e. The van der Waals surface area contributed by atoms with Crippen LogP contribution in [0.2, 0.25) is 0 Å². The summed E-state index contributed by atoms with van der Waals surface area (Å²) >= 11 is 0. The van der Waals surface area contributed by atoms with Crippen LogP contribution in [-0.4, -0.2) is 29.2 Å². The molecule has 0 amide bonds. The smallest absolute Gasteiger partial charge is 0.158 e. The molecule has 5 heteroatoms. The van der Waals surface area contributed by atoms with Crippen LogP contribution < -0.4 is 10.6 Å². The van der Waals surface area contributed by atoms with E-state index < -0.39 is 0 Å². The minimum atomic E-state index is 0.0979. The van der Waals surface area contributed by atoms with Crippen molar-refractivity contribution < 1.29 is 4.74 Å². The molecule has 1 rings (SSSR count). The maximum atomic E-state index is 5.17. The average molecular weight is 294 g/mol. The second-order valence-electron chi connectivity index (χ2n) is 5.38. The SMILES string of the molecule is CCCNc1cc(NC(CC)(CC)CC)nc(COC)n1. The summed E-state index contributed by atoms with van der Waals surface area (Å²) in [5.41, 5.74) is 0.0979. The number of hydrogen-bond donors (Lipinski definition) is 2. The summed E-state index contributed by atoms with van der Waals surface area (Å²) in [6.45, 7) is 10.1. The molecule has 5 nitrogen and oxygen atoms in total. The molecule has 1 aromatic heterocycles. The third-order valence-electron chi connectivity index (χ3n) is 4.03. The van der Waals surface area contributed by atoms with Crippen LogP contribution >= 0.6 is 0 Å². The van der Waals surface area contributed by atoms with Crippen molar-refractivity contribution >= 4 is 11.6 Å². The van der Waals surface area contributed by atoms with Gasteiger partial charge in [0, 0.05) is 25.3 Å².